The van der Waals surface area contributed by atoms with Crippen molar-refractivity contribution < 1.29 is 0 Å². The maximum Gasteiger partial charge on any atom is 0.0278 e. The van der Waals surface area contributed by atoms with E-state index in [2.05, 4.69) is 19.2 Å². The smallest absolute Gasteiger partial charge is 0.0278 e. The van der Waals surface area contributed by atoms with Crippen molar-refractivity contribution in [2.24, 2.45) is 11.8 Å². The molecule has 0 aromatic carbocycles. The molecular formula is C8H14N. The molecule has 2 aliphatic rings. The highest BCUT2D eigenvalue weighted by Gasteiger charge is 2.42. The Morgan fingerprint density at radius 2 is 1.33 bits per heavy atom. The minimum absolute atomic E-state index is 0.764. The van der Waals surface area contributed by atoms with Crippen LogP contribution in [-0.4, -0.2) is 12.1 Å². The van der Waals surface area contributed by atoms with Crippen LogP contribution in [-0.2, 0) is 0 Å². The summed E-state index contributed by atoms with van der Waals surface area (Å²) in [6, 6.07) is 1.53. The van der Waals surface area contributed by atoms with Crippen molar-refractivity contribution in [3.05, 3.63) is 0 Å². The van der Waals surface area contributed by atoms with Gasteiger partial charge in [-0.05, 0) is 24.7 Å². The largest absolute Gasteiger partial charge is 0.235 e. The Morgan fingerprint density at radius 1 is 1.00 bits per heavy atom. The van der Waals surface area contributed by atoms with E-state index in [1.165, 1.54) is 12.8 Å². The molecule has 4 atom stereocenters. The monoisotopic (exact) mass is 124 g/mol. The van der Waals surface area contributed by atoms with Crippen LogP contribution in [0.3, 0.4) is 0 Å². The van der Waals surface area contributed by atoms with Crippen molar-refractivity contribution in [3.8, 4) is 0 Å². The molecular weight excluding hydrogens is 110 g/mol. The van der Waals surface area contributed by atoms with Gasteiger partial charge in [-0.3, -0.25) is 0 Å². The maximum absolute atomic E-state index is 4.66. The van der Waals surface area contributed by atoms with E-state index < -0.39 is 0 Å². The molecule has 0 saturated heterocycles. The Balaban J connectivity index is 1.69. The van der Waals surface area contributed by atoms with E-state index >= 15 is 0 Å². The first-order chi connectivity index (χ1) is 4.27. The van der Waals surface area contributed by atoms with Crippen LogP contribution < -0.4 is 5.32 Å². The maximum atomic E-state index is 4.66. The highest BCUT2D eigenvalue weighted by Crippen LogP contribution is 2.38. The molecule has 1 heteroatoms. The van der Waals surface area contributed by atoms with E-state index in [0.717, 1.165) is 23.9 Å². The lowest BCUT2D eigenvalue weighted by Gasteiger charge is -1.94. The van der Waals surface area contributed by atoms with Gasteiger partial charge in [0.05, 0.1) is 0 Å². The summed E-state index contributed by atoms with van der Waals surface area (Å²) in [6.45, 7) is 4.59. The summed E-state index contributed by atoms with van der Waals surface area (Å²) in [5, 5.41) is 4.66. The minimum Gasteiger partial charge on any atom is -0.235 e. The lowest BCUT2D eigenvalue weighted by Crippen LogP contribution is -2.12. The van der Waals surface area contributed by atoms with Crippen LogP contribution in [0, 0.1) is 11.8 Å². The number of rotatable bonds is 2. The first-order valence-electron chi connectivity index (χ1n) is 3.97. The van der Waals surface area contributed by atoms with Crippen LogP contribution >= 0.6 is 0 Å². The zero-order valence-electron chi connectivity index (χ0n) is 6.17. The third kappa shape index (κ3) is 1.11. The van der Waals surface area contributed by atoms with Gasteiger partial charge < -0.3 is 0 Å². The van der Waals surface area contributed by atoms with Gasteiger partial charge in [-0.25, -0.2) is 5.32 Å². The van der Waals surface area contributed by atoms with Gasteiger partial charge in [0.25, 0.3) is 0 Å². The lowest BCUT2D eigenvalue weighted by molar-refractivity contribution is 0.607. The van der Waals surface area contributed by atoms with E-state index in [1.807, 2.05) is 0 Å². The Hall–Kier alpha value is -0.0400. The molecule has 2 saturated carbocycles. The van der Waals surface area contributed by atoms with E-state index in [4.69, 9.17) is 0 Å². The second kappa shape index (κ2) is 1.72. The normalized spacial score (nSPS) is 55.3. The third-order valence-electron chi connectivity index (χ3n) is 2.52. The summed E-state index contributed by atoms with van der Waals surface area (Å²) in [7, 11) is 0. The number of nitrogens with zero attached hydrogens (tertiary/aromatic N) is 1. The van der Waals surface area contributed by atoms with E-state index in [1.54, 1.807) is 0 Å². The van der Waals surface area contributed by atoms with Crippen molar-refractivity contribution in [2.45, 2.75) is 38.8 Å². The zero-order valence-corrected chi connectivity index (χ0v) is 6.17. The van der Waals surface area contributed by atoms with Crippen LogP contribution in [0.2, 0.25) is 0 Å². The number of hydrogen-bond acceptors (Lipinski definition) is 0. The molecule has 2 rings (SSSR count). The minimum atomic E-state index is 0.764. The molecule has 1 radical (unpaired) electrons. The molecule has 0 bridgehead atoms. The van der Waals surface area contributed by atoms with Gasteiger partial charge in [0, 0.05) is 12.1 Å². The Labute approximate surface area is 56.8 Å². The first kappa shape index (κ1) is 5.72. The summed E-state index contributed by atoms with van der Waals surface area (Å²) in [4.78, 5) is 0. The molecule has 0 aliphatic heterocycles. The predicted molar refractivity (Wildman–Crippen MR) is 37.3 cm³/mol. The van der Waals surface area contributed by atoms with E-state index in [9.17, 15) is 0 Å². The Kier molecular flexibility index (Phi) is 1.10. The highest BCUT2D eigenvalue weighted by molar-refractivity contribution is 4.98. The van der Waals surface area contributed by atoms with Crippen molar-refractivity contribution in [3.63, 3.8) is 0 Å². The van der Waals surface area contributed by atoms with E-state index in [-0.39, 0.29) is 0 Å². The molecule has 0 heterocycles. The topological polar surface area (TPSA) is 14.1 Å². The molecule has 4 unspecified atom stereocenters. The second-order valence-electron chi connectivity index (χ2n) is 3.71. The van der Waals surface area contributed by atoms with E-state index in [0.29, 0.717) is 0 Å². The van der Waals surface area contributed by atoms with Crippen LogP contribution in [0.1, 0.15) is 26.7 Å². The molecule has 0 aromatic rings. The molecule has 1 nitrogen and oxygen atoms in total. The SMILES string of the molecule is CC1CC1[N]C1CC1C. The predicted octanol–water partition coefficient (Wildman–Crippen LogP) is 1.41. The molecule has 0 amide bonds. The van der Waals surface area contributed by atoms with Gasteiger partial charge in [0.15, 0.2) is 0 Å². The number of hydrogen-bond donors (Lipinski definition) is 0. The average molecular weight is 124 g/mol. The summed E-state index contributed by atoms with van der Waals surface area (Å²) in [5.41, 5.74) is 0. The summed E-state index contributed by atoms with van der Waals surface area (Å²) in [6.07, 6.45) is 2.73. The molecule has 2 fully saturated rings. The van der Waals surface area contributed by atoms with Crippen LogP contribution in [0.4, 0.5) is 0 Å². The van der Waals surface area contributed by atoms with Gasteiger partial charge in [-0.1, -0.05) is 13.8 Å². The first-order valence-corrected chi connectivity index (χ1v) is 3.97. The van der Waals surface area contributed by atoms with Crippen LogP contribution in [0.25, 0.3) is 0 Å². The molecule has 0 N–H and O–H groups in total. The Bertz CT molecular complexity index is 108. The van der Waals surface area contributed by atoms with Gasteiger partial charge >= 0.3 is 0 Å². The zero-order chi connectivity index (χ0) is 6.43. The average Bonchev–Trinajstić information content (AvgIpc) is 2.59. The van der Waals surface area contributed by atoms with Crippen molar-refractivity contribution in [1.29, 1.82) is 0 Å². The molecule has 9 heavy (non-hydrogen) atoms. The summed E-state index contributed by atoms with van der Waals surface area (Å²) < 4.78 is 0. The molecule has 2 aliphatic carbocycles. The molecule has 51 valence electrons. The second-order valence-corrected chi connectivity index (χ2v) is 3.71. The summed E-state index contributed by atoms with van der Waals surface area (Å²) >= 11 is 0. The quantitative estimate of drug-likeness (QED) is 0.528. The standard InChI is InChI=1S/C8H14N/c1-5-3-7(5)9-8-4-6(8)2/h5-8H,3-4H2,1-2H3. The fourth-order valence-corrected chi connectivity index (χ4v) is 1.27. The van der Waals surface area contributed by atoms with Crippen molar-refractivity contribution in [1.82, 2.24) is 5.32 Å². The van der Waals surface area contributed by atoms with Crippen molar-refractivity contribution in [2.75, 3.05) is 0 Å². The third-order valence-corrected chi connectivity index (χ3v) is 2.52. The summed E-state index contributed by atoms with van der Waals surface area (Å²) in [5.74, 6) is 1.83. The fraction of sp³-hybridized carbons (Fsp3) is 1.00. The van der Waals surface area contributed by atoms with Gasteiger partial charge in [0.1, 0.15) is 0 Å². The van der Waals surface area contributed by atoms with Gasteiger partial charge in [-0.2, -0.15) is 0 Å². The lowest BCUT2D eigenvalue weighted by atomic mass is 10.4. The Morgan fingerprint density at radius 3 is 1.56 bits per heavy atom. The van der Waals surface area contributed by atoms with Gasteiger partial charge in [0.2, 0.25) is 0 Å². The van der Waals surface area contributed by atoms with Crippen LogP contribution in [0.5, 0.6) is 0 Å². The van der Waals surface area contributed by atoms with Gasteiger partial charge in [-0.15, -0.1) is 0 Å². The van der Waals surface area contributed by atoms with Crippen LogP contribution in [0.15, 0.2) is 0 Å². The fourth-order valence-electron chi connectivity index (χ4n) is 1.27. The molecule has 0 aromatic heterocycles. The van der Waals surface area contributed by atoms with Crippen molar-refractivity contribution >= 4 is 0 Å². The molecule has 0 spiro atoms. The highest BCUT2D eigenvalue weighted by atomic mass is 15.0.